The van der Waals surface area contributed by atoms with Crippen molar-refractivity contribution in [2.75, 3.05) is 0 Å². The molecule has 2 aromatic rings. The van der Waals surface area contributed by atoms with E-state index < -0.39 is 4.92 Å². The number of ketones is 1. The first-order valence-electron chi connectivity index (χ1n) is 4.46. The first kappa shape index (κ1) is 10.0. The van der Waals surface area contributed by atoms with Gasteiger partial charge in [-0.05, 0) is 0 Å². The third kappa shape index (κ3) is 1.81. The average molecular weight is 217 g/mol. The second-order valence-corrected chi connectivity index (χ2v) is 3.10. The maximum absolute atomic E-state index is 11.8. The van der Waals surface area contributed by atoms with Crippen LogP contribution in [0.3, 0.4) is 0 Å². The van der Waals surface area contributed by atoms with E-state index in [1.807, 2.05) is 0 Å². The molecule has 0 amide bonds. The summed E-state index contributed by atoms with van der Waals surface area (Å²) in [6.07, 6.45) is 2.76. The summed E-state index contributed by atoms with van der Waals surface area (Å²) >= 11 is 0. The topological polar surface area (TPSA) is 88.9 Å². The smallest absolute Gasteiger partial charge is 0.270 e. The Bertz CT molecular complexity index is 534. The van der Waals surface area contributed by atoms with E-state index in [0.29, 0.717) is 5.69 Å². The van der Waals surface area contributed by atoms with E-state index in [2.05, 4.69) is 9.97 Å². The van der Waals surface area contributed by atoms with Gasteiger partial charge < -0.3 is 4.98 Å². The largest absolute Gasteiger partial charge is 0.342 e. The summed E-state index contributed by atoms with van der Waals surface area (Å²) in [6, 6.07) is 5.57. The zero-order chi connectivity index (χ0) is 11.5. The van der Waals surface area contributed by atoms with Gasteiger partial charge >= 0.3 is 0 Å². The Morgan fingerprint density at radius 1 is 1.44 bits per heavy atom. The van der Waals surface area contributed by atoms with Crippen LogP contribution in [0.2, 0.25) is 0 Å². The van der Waals surface area contributed by atoms with Crippen LogP contribution in [0.4, 0.5) is 5.69 Å². The monoisotopic (exact) mass is 217 g/mol. The predicted octanol–water partition coefficient (Wildman–Crippen LogP) is 1.55. The van der Waals surface area contributed by atoms with E-state index in [9.17, 15) is 14.9 Å². The molecule has 0 saturated heterocycles. The summed E-state index contributed by atoms with van der Waals surface area (Å²) < 4.78 is 0. The number of rotatable bonds is 3. The molecule has 1 heterocycles. The Morgan fingerprint density at radius 3 is 2.88 bits per heavy atom. The maximum atomic E-state index is 11.8. The number of carbonyl (C=O) groups excluding carboxylic acids is 1. The Kier molecular flexibility index (Phi) is 2.47. The van der Waals surface area contributed by atoms with Gasteiger partial charge in [-0.3, -0.25) is 14.9 Å². The zero-order valence-electron chi connectivity index (χ0n) is 8.08. The summed E-state index contributed by atoms with van der Waals surface area (Å²) in [4.78, 5) is 28.2. The Labute approximate surface area is 90.1 Å². The normalized spacial score (nSPS) is 10.0. The highest BCUT2D eigenvalue weighted by Gasteiger charge is 2.13. The van der Waals surface area contributed by atoms with Gasteiger partial charge in [0.05, 0.1) is 17.4 Å². The van der Waals surface area contributed by atoms with Gasteiger partial charge in [0.25, 0.3) is 5.69 Å². The van der Waals surface area contributed by atoms with Crippen LogP contribution in [0.25, 0.3) is 0 Å². The summed E-state index contributed by atoms with van der Waals surface area (Å²) in [5, 5.41) is 10.5. The number of nitrogens with zero attached hydrogens (tertiary/aromatic N) is 2. The number of nitrogens with one attached hydrogen (secondary N) is 1. The highest BCUT2D eigenvalue weighted by atomic mass is 16.6. The van der Waals surface area contributed by atoms with Crippen LogP contribution in [0, 0.1) is 10.1 Å². The molecule has 1 aromatic carbocycles. The molecule has 0 aliphatic heterocycles. The number of aromatic amines is 1. The number of non-ortho nitro benzene ring substituents is 1. The summed E-state index contributed by atoms with van der Waals surface area (Å²) in [5.74, 6) is -0.318. The quantitative estimate of drug-likeness (QED) is 0.479. The Hall–Kier alpha value is -2.50. The average Bonchev–Trinajstić information content (AvgIpc) is 2.81. The molecular formula is C10H7N3O3. The Balaban J connectivity index is 2.38. The lowest BCUT2D eigenvalue weighted by molar-refractivity contribution is -0.384. The fourth-order valence-electron chi connectivity index (χ4n) is 1.30. The van der Waals surface area contributed by atoms with E-state index in [0.717, 1.165) is 0 Å². The lowest BCUT2D eigenvalue weighted by Crippen LogP contribution is -2.02. The molecule has 0 unspecified atom stereocenters. The summed E-state index contributed by atoms with van der Waals surface area (Å²) in [7, 11) is 0. The van der Waals surface area contributed by atoms with Crippen molar-refractivity contribution < 1.29 is 9.72 Å². The molecule has 0 bridgehead atoms. The van der Waals surface area contributed by atoms with Crippen molar-refractivity contribution in [3.05, 3.63) is 58.2 Å². The van der Waals surface area contributed by atoms with Crippen LogP contribution in [-0.4, -0.2) is 20.7 Å². The van der Waals surface area contributed by atoms with Gasteiger partial charge in [-0.2, -0.15) is 0 Å². The molecule has 0 aliphatic carbocycles. The number of H-pyrrole nitrogens is 1. The molecule has 16 heavy (non-hydrogen) atoms. The number of hydrogen-bond donors (Lipinski definition) is 1. The van der Waals surface area contributed by atoms with Crippen LogP contribution in [-0.2, 0) is 0 Å². The molecule has 0 radical (unpaired) electrons. The lowest BCUT2D eigenvalue weighted by atomic mass is 10.1. The van der Waals surface area contributed by atoms with Crippen molar-refractivity contribution >= 4 is 11.5 Å². The molecule has 0 saturated carbocycles. The standard InChI is InChI=1S/C10H7N3O3/c14-10(9-5-11-6-12-9)7-2-1-3-8(4-7)13(15)16/h1-6H,(H,11,12). The molecule has 0 spiro atoms. The fourth-order valence-corrected chi connectivity index (χ4v) is 1.30. The minimum Gasteiger partial charge on any atom is -0.342 e. The van der Waals surface area contributed by atoms with E-state index in [-0.39, 0.29) is 17.0 Å². The van der Waals surface area contributed by atoms with Crippen LogP contribution in [0.15, 0.2) is 36.8 Å². The SMILES string of the molecule is O=C(c1cccc([N+](=O)[O-])c1)c1cnc[nH]1. The van der Waals surface area contributed by atoms with Crippen molar-refractivity contribution in [1.82, 2.24) is 9.97 Å². The highest BCUT2D eigenvalue weighted by molar-refractivity contribution is 6.07. The number of carbonyl (C=O) groups is 1. The molecule has 0 aliphatic rings. The Morgan fingerprint density at radius 2 is 2.25 bits per heavy atom. The molecule has 0 atom stereocenters. The van der Waals surface area contributed by atoms with Crippen molar-refractivity contribution in [1.29, 1.82) is 0 Å². The molecule has 1 N–H and O–H groups in total. The molecular weight excluding hydrogens is 210 g/mol. The van der Waals surface area contributed by atoms with Crippen LogP contribution >= 0.6 is 0 Å². The van der Waals surface area contributed by atoms with E-state index >= 15 is 0 Å². The molecule has 2 rings (SSSR count). The maximum Gasteiger partial charge on any atom is 0.270 e. The third-order valence-corrected chi connectivity index (χ3v) is 2.06. The second kappa shape index (κ2) is 3.93. The molecule has 6 heteroatoms. The minimum absolute atomic E-state index is 0.106. The second-order valence-electron chi connectivity index (χ2n) is 3.10. The van der Waals surface area contributed by atoms with Crippen molar-refractivity contribution in [2.24, 2.45) is 0 Å². The van der Waals surface area contributed by atoms with Gasteiger partial charge in [-0.1, -0.05) is 12.1 Å². The van der Waals surface area contributed by atoms with Gasteiger partial charge in [-0.25, -0.2) is 4.98 Å². The fraction of sp³-hybridized carbons (Fsp3) is 0. The number of nitro groups is 1. The molecule has 6 nitrogen and oxygen atoms in total. The van der Waals surface area contributed by atoms with Crippen molar-refractivity contribution in [3.63, 3.8) is 0 Å². The van der Waals surface area contributed by atoms with Crippen molar-refractivity contribution in [3.8, 4) is 0 Å². The number of hydrogen-bond acceptors (Lipinski definition) is 4. The number of imidazole rings is 1. The lowest BCUT2D eigenvalue weighted by Gasteiger charge is -1.97. The first-order valence-corrected chi connectivity index (χ1v) is 4.46. The molecule has 1 aromatic heterocycles. The van der Waals surface area contributed by atoms with Gasteiger partial charge in [0.1, 0.15) is 5.69 Å². The number of aromatic nitrogens is 2. The minimum atomic E-state index is -0.538. The van der Waals surface area contributed by atoms with Gasteiger partial charge in [0.15, 0.2) is 0 Å². The van der Waals surface area contributed by atoms with Gasteiger partial charge in [-0.15, -0.1) is 0 Å². The summed E-state index contributed by atoms with van der Waals surface area (Å²) in [6.45, 7) is 0. The van der Waals surface area contributed by atoms with E-state index in [1.54, 1.807) is 0 Å². The van der Waals surface area contributed by atoms with Gasteiger partial charge in [0, 0.05) is 17.7 Å². The van der Waals surface area contributed by atoms with Gasteiger partial charge in [0.2, 0.25) is 5.78 Å². The van der Waals surface area contributed by atoms with Crippen molar-refractivity contribution in [2.45, 2.75) is 0 Å². The zero-order valence-corrected chi connectivity index (χ0v) is 8.08. The summed E-state index contributed by atoms with van der Waals surface area (Å²) in [5.41, 5.74) is 0.462. The van der Waals surface area contributed by atoms with Crippen LogP contribution in [0.1, 0.15) is 16.1 Å². The van der Waals surface area contributed by atoms with Crippen LogP contribution < -0.4 is 0 Å². The predicted molar refractivity (Wildman–Crippen MR) is 55.1 cm³/mol. The third-order valence-electron chi connectivity index (χ3n) is 2.06. The highest BCUT2D eigenvalue weighted by Crippen LogP contribution is 2.15. The molecule has 0 fully saturated rings. The van der Waals surface area contributed by atoms with E-state index in [4.69, 9.17) is 0 Å². The number of nitro benzene ring substituents is 1. The first-order chi connectivity index (χ1) is 7.68. The molecule has 80 valence electrons. The number of benzene rings is 1. The van der Waals surface area contributed by atoms with E-state index in [1.165, 1.54) is 36.8 Å². The van der Waals surface area contributed by atoms with Crippen LogP contribution in [0.5, 0.6) is 0 Å².